The van der Waals surface area contributed by atoms with Gasteiger partial charge in [-0.05, 0) is 29.3 Å². The van der Waals surface area contributed by atoms with E-state index in [9.17, 15) is 5.11 Å². The average molecular weight is 390 g/mol. The molecule has 0 amide bonds. The van der Waals surface area contributed by atoms with Gasteiger partial charge in [0.25, 0.3) is 0 Å². The monoisotopic (exact) mass is 390 g/mol. The van der Waals surface area contributed by atoms with Crippen molar-refractivity contribution in [2.45, 2.75) is 13.0 Å². The smallest absolute Gasteiger partial charge is 0.225 e. The fourth-order valence-corrected chi connectivity index (χ4v) is 3.67. The zero-order chi connectivity index (χ0) is 20.1. The van der Waals surface area contributed by atoms with Crippen LogP contribution < -0.4 is 9.64 Å². The molecule has 2 heterocycles. The van der Waals surface area contributed by atoms with E-state index in [0.717, 1.165) is 62.0 Å². The number of aromatic nitrogens is 2. The molecule has 3 aromatic rings. The SMILES string of the molecule is COc1ccc(O)cc1CN1CCN(c2ncc(Cc3ccccc3)cn2)CC1. The normalized spacial score (nSPS) is 14.7. The Bertz CT molecular complexity index is 923. The number of hydrogen-bond acceptors (Lipinski definition) is 6. The van der Waals surface area contributed by atoms with E-state index in [2.05, 4.69) is 44.0 Å². The summed E-state index contributed by atoms with van der Waals surface area (Å²) < 4.78 is 5.42. The molecule has 0 aliphatic carbocycles. The maximum absolute atomic E-state index is 9.77. The Balaban J connectivity index is 1.33. The first-order valence-electron chi connectivity index (χ1n) is 9.89. The highest BCUT2D eigenvalue weighted by molar-refractivity contribution is 5.40. The predicted octanol–water partition coefficient (Wildman–Crippen LogP) is 3.10. The number of benzene rings is 2. The van der Waals surface area contributed by atoms with Crippen molar-refractivity contribution in [2.75, 3.05) is 38.2 Å². The van der Waals surface area contributed by atoms with Crippen LogP contribution >= 0.6 is 0 Å². The molecule has 1 aromatic heterocycles. The van der Waals surface area contributed by atoms with Crippen molar-refractivity contribution in [1.29, 1.82) is 0 Å². The zero-order valence-electron chi connectivity index (χ0n) is 16.7. The largest absolute Gasteiger partial charge is 0.508 e. The van der Waals surface area contributed by atoms with E-state index in [4.69, 9.17) is 4.74 Å². The molecule has 0 radical (unpaired) electrons. The topological polar surface area (TPSA) is 61.7 Å². The second kappa shape index (κ2) is 8.92. The van der Waals surface area contributed by atoms with Gasteiger partial charge in [-0.15, -0.1) is 0 Å². The number of nitrogens with zero attached hydrogens (tertiary/aromatic N) is 4. The van der Waals surface area contributed by atoms with Gasteiger partial charge in [0.1, 0.15) is 11.5 Å². The Morgan fingerprint density at radius 1 is 0.931 bits per heavy atom. The van der Waals surface area contributed by atoms with Crippen molar-refractivity contribution in [2.24, 2.45) is 0 Å². The van der Waals surface area contributed by atoms with Crippen LogP contribution in [0.1, 0.15) is 16.7 Å². The minimum atomic E-state index is 0.267. The van der Waals surface area contributed by atoms with E-state index in [1.165, 1.54) is 5.56 Å². The molecule has 6 nitrogen and oxygen atoms in total. The van der Waals surface area contributed by atoms with Crippen LogP contribution in [0.4, 0.5) is 5.95 Å². The molecule has 4 rings (SSSR count). The lowest BCUT2D eigenvalue weighted by Crippen LogP contribution is -2.46. The van der Waals surface area contributed by atoms with E-state index in [1.807, 2.05) is 24.5 Å². The quantitative estimate of drug-likeness (QED) is 0.698. The van der Waals surface area contributed by atoms with Gasteiger partial charge in [0, 0.05) is 57.1 Å². The number of anilines is 1. The molecule has 29 heavy (non-hydrogen) atoms. The van der Waals surface area contributed by atoms with Gasteiger partial charge in [-0.1, -0.05) is 30.3 Å². The Morgan fingerprint density at radius 2 is 1.66 bits per heavy atom. The lowest BCUT2D eigenvalue weighted by atomic mass is 10.1. The highest BCUT2D eigenvalue weighted by atomic mass is 16.5. The minimum absolute atomic E-state index is 0.267. The van der Waals surface area contributed by atoms with Crippen molar-refractivity contribution in [3.8, 4) is 11.5 Å². The molecule has 6 heteroatoms. The van der Waals surface area contributed by atoms with Crippen LogP contribution in [0, 0.1) is 0 Å². The van der Waals surface area contributed by atoms with E-state index in [1.54, 1.807) is 19.2 Å². The third-order valence-electron chi connectivity index (χ3n) is 5.26. The van der Waals surface area contributed by atoms with Crippen LogP contribution in [0.2, 0.25) is 0 Å². The van der Waals surface area contributed by atoms with E-state index in [-0.39, 0.29) is 5.75 Å². The van der Waals surface area contributed by atoms with Crippen molar-refractivity contribution < 1.29 is 9.84 Å². The number of phenols is 1. The van der Waals surface area contributed by atoms with Gasteiger partial charge in [0.15, 0.2) is 0 Å². The Hall–Kier alpha value is -3.12. The van der Waals surface area contributed by atoms with Crippen molar-refractivity contribution in [1.82, 2.24) is 14.9 Å². The number of hydrogen-bond donors (Lipinski definition) is 1. The highest BCUT2D eigenvalue weighted by Gasteiger charge is 2.20. The molecule has 0 bridgehead atoms. The van der Waals surface area contributed by atoms with Gasteiger partial charge >= 0.3 is 0 Å². The van der Waals surface area contributed by atoms with Crippen molar-refractivity contribution >= 4 is 5.95 Å². The number of piperazine rings is 1. The molecule has 150 valence electrons. The fraction of sp³-hybridized carbons (Fsp3) is 0.304. The molecule has 1 aliphatic heterocycles. The molecule has 1 saturated heterocycles. The van der Waals surface area contributed by atoms with Crippen LogP contribution in [0.3, 0.4) is 0 Å². The van der Waals surface area contributed by atoms with Gasteiger partial charge in [-0.3, -0.25) is 4.90 Å². The summed E-state index contributed by atoms with van der Waals surface area (Å²) in [5, 5.41) is 9.77. The standard InChI is InChI=1S/C23H26N4O2/c1-29-22-8-7-21(28)14-20(22)17-26-9-11-27(12-10-26)23-24-15-19(16-25-23)13-18-5-3-2-4-6-18/h2-8,14-16,28H,9-13,17H2,1H3. The van der Waals surface area contributed by atoms with E-state index >= 15 is 0 Å². The number of ether oxygens (including phenoxy) is 1. The Labute approximate surface area is 171 Å². The Kier molecular flexibility index (Phi) is 5.91. The number of rotatable bonds is 6. The zero-order valence-corrected chi connectivity index (χ0v) is 16.7. The summed E-state index contributed by atoms with van der Waals surface area (Å²) in [7, 11) is 1.66. The number of phenolic OH excluding ortho intramolecular Hbond substituents is 1. The lowest BCUT2D eigenvalue weighted by Gasteiger charge is -2.34. The summed E-state index contributed by atoms with van der Waals surface area (Å²) in [6.07, 6.45) is 4.71. The lowest BCUT2D eigenvalue weighted by molar-refractivity contribution is 0.244. The first-order chi connectivity index (χ1) is 14.2. The maximum Gasteiger partial charge on any atom is 0.225 e. The molecule has 0 saturated carbocycles. The molecule has 0 unspecified atom stereocenters. The first-order valence-corrected chi connectivity index (χ1v) is 9.89. The Morgan fingerprint density at radius 3 is 2.34 bits per heavy atom. The summed E-state index contributed by atoms with van der Waals surface area (Å²) in [5.41, 5.74) is 3.39. The van der Waals surface area contributed by atoms with Crippen molar-refractivity contribution in [3.05, 3.63) is 77.6 Å². The molecule has 1 N–H and O–H groups in total. The summed E-state index contributed by atoms with van der Waals surface area (Å²) in [6, 6.07) is 15.6. The average Bonchev–Trinajstić information content (AvgIpc) is 2.76. The van der Waals surface area contributed by atoms with Gasteiger partial charge in [-0.25, -0.2) is 9.97 Å². The highest BCUT2D eigenvalue weighted by Crippen LogP contribution is 2.25. The predicted molar refractivity (Wildman–Crippen MR) is 113 cm³/mol. The molecule has 1 fully saturated rings. The van der Waals surface area contributed by atoms with Crippen LogP contribution in [0.5, 0.6) is 11.5 Å². The first kappa shape index (κ1) is 19.2. The van der Waals surface area contributed by atoms with E-state index in [0.29, 0.717) is 0 Å². The third-order valence-corrected chi connectivity index (χ3v) is 5.26. The van der Waals surface area contributed by atoms with Crippen LogP contribution in [0.15, 0.2) is 60.9 Å². The van der Waals surface area contributed by atoms with Crippen LogP contribution in [0.25, 0.3) is 0 Å². The van der Waals surface area contributed by atoms with Gasteiger partial charge in [0.2, 0.25) is 5.95 Å². The van der Waals surface area contributed by atoms with Gasteiger partial charge in [0.05, 0.1) is 7.11 Å². The molecule has 2 aromatic carbocycles. The molecular weight excluding hydrogens is 364 g/mol. The molecule has 0 spiro atoms. The summed E-state index contributed by atoms with van der Waals surface area (Å²) >= 11 is 0. The maximum atomic E-state index is 9.77. The van der Waals surface area contributed by atoms with Crippen LogP contribution in [-0.4, -0.2) is 53.3 Å². The summed E-state index contributed by atoms with van der Waals surface area (Å²) in [6.45, 7) is 4.32. The van der Waals surface area contributed by atoms with Crippen molar-refractivity contribution in [3.63, 3.8) is 0 Å². The molecule has 0 atom stereocenters. The van der Waals surface area contributed by atoms with Gasteiger partial charge < -0.3 is 14.7 Å². The number of aromatic hydroxyl groups is 1. The number of methoxy groups -OCH3 is 1. The minimum Gasteiger partial charge on any atom is -0.508 e. The summed E-state index contributed by atoms with van der Waals surface area (Å²) in [4.78, 5) is 13.8. The third kappa shape index (κ3) is 4.84. The van der Waals surface area contributed by atoms with Gasteiger partial charge in [-0.2, -0.15) is 0 Å². The second-order valence-corrected chi connectivity index (χ2v) is 7.31. The molecule has 1 aliphatic rings. The summed E-state index contributed by atoms with van der Waals surface area (Å²) in [5.74, 6) is 1.86. The molecular formula is C23H26N4O2. The fourth-order valence-electron chi connectivity index (χ4n) is 3.67. The second-order valence-electron chi connectivity index (χ2n) is 7.31. The van der Waals surface area contributed by atoms with Crippen LogP contribution in [-0.2, 0) is 13.0 Å². The van der Waals surface area contributed by atoms with E-state index < -0.39 is 0 Å².